The fourth-order valence-electron chi connectivity index (χ4n) is 3.17. The number of nitrogens with zero attached hydrogens (tertiary/aromatic N) is 1. The second-order valence-corrected chi connectivity index (χ2v) is 10.7. The fourth-order valence-corrected chi connectivity index (χ4v) is 5.93. The normalized spacial score (nSPS) is 14.9. The lowest BCUT2D eigenvalue weighted by Gasteiger charge is -2.14. The van der Waals surface area contributed by atoms with Crippen LogP contribution in [0.3, 0.4) is 0 Å². The molecule has 2 amide bonds. The number of carbonyl (C=O) groups excluding carboxylic acids is 2. The summed E-state index contributed by atoms with van der Waals surface area (Å²) in [6.07, 6.45) is 1.63. The van der Waals surface area contributed by atoms with Crippen molar-refractivity contribution in [2.45, 2.75) is 13.2 Å². The molecule has 1 aliphatic rings. The molecule has 1 fully saturated rings. The molecule has 0 saturated carbocycles. The van der Waals surface area contributed by atoms with Crippen LogP contribution in [0.15, 0.2) is 68.4 Å². The van der Waals surface area contributed by atoms with Gasteiger partial charge < -0.3 is 4.74 Å². The molecule has 1 saturated heterocycles. The average molecular weight is 646 g/mol. The monoisotopic (exact) mass is 643 g/mol. The van der Waals surface area contributed by atoms with Gasteiger partial charge in [0.1, 0.15) is 18.2 Å². The van der Waals surface area contributed by atoms with Crippen molar-refractivity contribution in [3.8, 4) is 5.75 Å². The van der Waals surface area contributed by atoms with Crippen LogP contribution < -0.4 is 4.74 Å². The highest BCUT2D eigenvalue weighted by atomic mass is 79.9. The Morgan fingerprint density at radius 3 is 2.38 bits per heavy atom. The second kappa shape index (κ2) is 10.8. The summed E-state index contributed by atoms with van der Waals surface area (Å²) in [6.45, 7) is 0.101. The maximum Gasteiger partial charge on any atom is 0.293 e. The van der Waals surface area contributed by atoms with Gasteiger partial charge >= 0.3 is 0 Å². The molecule has 4 rings (SSSR count). The number of ether oxygens (including phenoxy) is 1. The van der Waals surface area contributed by atoms with Gasteiger partial charge in [0.25, 0.3) is 11.1 Å². The molecular weight excluding hydrogens is 632 g/mol. The summed E-state index contributed by atoms with van der Waals surface area (Å²) >= 11 is 19.9. The Morgan fingerprint density at radius 1 is 1.00 bits per heavy atom. The van der Waals surface area contributed by atoms with Crippen molar-refractivity contribution < 1.29 is 18.7 Å². The lowest BCUT2D eigenvalue weighted by atomic mass is 10.2. The van der Waals surface area contributed by atoms with E-state index in [0.717, 1.165) is 16.7 Å². The number of carbonyl (C=O) groups is 2. The molecule has 0 N–H and O–H groups in total. The van der Waals surface area contributed by atoms with Crippen LogP contribution in [-0.4, -0.2) is 16.0 Å². The Balaban J connectivity index is 1.51. The van der Waals surface area contributed by atoms with Gasteiger partial charge in [-0.05, 0) is 91.2 Å². The van der Waals surface area contributed by atoms with E-state index in [0.29, 0.717) is 41.4 Å². The van der Waals surface area contributed by atoms with Crippen LogP contribution in [0.4, 0.5) is 9.18 Å². The number of imide groups is 1. The van der Waals surface area contributed by atoms with Crippen LogP contribution >= 0.6 is 66.8 Å². The van der Waals surface area contributed by atoms with Gasteiger partial charge in [-0.15, -0.1) is 0 Å². The van der Waals surface area contributed by atoms with Crippen LogP contribution in [0.5, 0.6) is 5.75 Å². The minimum Gasteiger partial charge on any atom is -0.486 e. The second-order valence-electron chi connectivity index (χ2n) is 7.20. The molecule has 0 unspecified atom stereocenters. The van der Waals surface area contributed by atoms with Crippen LogP contribution in [0.1, 0.15) is 16.7 Å². The highest BCUT2D eigenvalue weighted by molar-refractivity contribution is 9.11. The number of amides is 2. The van der Waals surface area contributed by atoms with E-state index in [2.05, 4.69) is 31.9 Å². The van der Waals surface area contributed by atoms with Gasteiger partial charge in [0.2, 0.25) is 0 Å². The fraction of sp³-hybridized carbons (Fsp3) is 0.0833. The van der Waals surface area contributed by atoms with Gasteiger partial charge in [-0.2, -0.15) is 0 Å². The first-order valence-corrected chi connectivity index (χ1v) is 12.9. The SMILES string of the molecule is O=C1S/C(=C/c2cc(Br)c(OCc3ccccc3F)c(Br)c2)C(=O)N1Cc1ccc(Cl)cc1Cl. The Morgan fingerprint density at radius 2 is 1.71 bits per heavy atom. The Kier molecular flexibility index (Phi) is 8.05. The van der Waals surface area contributed by atoms with E-state index in [1.807, 2.05) is 0 Å². The van der Waals surface area contributed by atoms with E-state index in [1.54, 1.807) is 54.6 Å². The molecule has 174 valence electrons. The first kappa shape index (κ1) is 25.3. The zero-order chi connectivity index (χ0) is 24.4. The molecule has 3 aromatic rings. The summed E-state index contributed by atoms with van der Waals surface area (Å²) in [5, 5.41) is 0.472. The third kappa shape index (κ3) is 5.69. The molecular formula is C24H14Br2Cl2FNO3S. The molecule has 0 aliphatic carbocycles. The number of rotatable bonds is 6. The quantitative estimate of drug-likeness (QED) is 0.252. The van der Waals surface area contributed by atoms with E-state index in [9.17, 15) is 14.0 Å². The largest absolute Gasteiger partial charge is 0.486 e. The van der Waals surface area contributed by atoms with Crippen LogP contribution in [0.2, 0.25) is 10.0 Å². The Labute approximate surface area is 226 Å². The average Bonchev–Trinajstić information content (AvgIpc) is 3.03. The van der Waals surface area contributed by atoms with Crippen LogP contribution in [0.25, 0.3) is 6.08 Å². The number of halogens is 5. The molecule has 0 spiro atoms. The molecule has 10 heteroatoms. The van der Waals surface area contributed by atoms with Gasteiger partial charge in [0.15, 0.2) is 0 Å². The van der Waals surface area contributed by atoms with Crippen molar-refractivity contribution >= 4 is 84.0 Å². The molecule has 3 aromatic carbocycles. The van der Waals surface area contributed by atoms with Gasteiger partial charge in [-0.25, -0.2) is 4.39 Å². The van der Waals surface area contributed by atoms with E-state index in [-0.39, 0.29) is 29.1 Å². The lowest BCUT2D eigenvalue weighted by Crippen LogP contribution is -2.27. The summed E-state index contributed by atoms with van der Waals surface area (Å²) in [6, 6.07) is 14.8. The zero-order valence-corrected chi connectivity index (χ0v) is 22.7. The van der Waals surface area contributed by atoms with Gasteiger partial charge in [-0.1, -0.05) is 47.5 Å². The molecule has 4 nitrogen and oxygen atoms in total. The third-order valence-electron chi connectivity index (χ3n) is 4.87. The van der Waals surface area contributed by atoms with Gasteiger partial charge in [0.05, 0.1) is 20.4 Å². The van der Waals surface area contributed by atoms with Crippen molar-refractivity contribution in [1.82, 2.24) is 4.90 Å². The molecule has 0 aromatic heterocycles. The molecule has 0 bridgehead atoms. The predicted molar refractivity (Wildman–Crippen MR) is 141 cm³/mol. The maximum atomic E-state index is 13.9. The minimum atomic E-state index is -0.409. The topological polar surface area (TPSA) is 46.6 Å². The number of thioether (sulfide) groups is 1. The number of hydrogen-bond acceptors (Lipinski definition) is 4. The van der Waals surface area contributed by atoms with Crippen molar-refractivity contribution in [2.75, 3.05) is 0 Å². The maximum absolute atomic E-state index is 13.9. The zero-order valence-electron chi connectivity index (χ0n) is 17.2. The first-order valence-electron chi connectivity index (χ1n) is 9.77. The number of hydrogen-bond donors (Lipinski definition) is 0. The van der Waals surface area contributed by atoms with Crippen LogP contribution in [0, 0.1) is 5.82 Å². The first-order chi connectivity index (χ1) is 16.2. The minimum absolute atomic E-state index is 0.0498. The van der Waals surface area contributed by atoms with Gasteiger partial charge in [0, 0.05) is 15.6 Å². The van der Waals surface area contributed by atoms with Crippen molar-refractivity contribution in [3.63, 3.8) is 0 Å². The highest BCUT2D eigenvalue weighted by Gasteiger charge is 2.35. The molecule has 0 atom stereocenters. The van der Waals surface area contributed by atoms with Crippen molar-refractivity contribution in [2.24, 2.45) is 0 Å². The summed E-state index contributed by atoms with van der Waals surface area (Å²) in [4.78, 5) is 26.8. The third-order valence-corrected chi connectivity index (χ3v) is 7.54. The van der Waals surface area contributed by atoms with Gasteiger partial charge in [-0.3, -0.25) is 14.5 Å². The molecule has 1 heterocycles. The summed E-state index contributed by atoms with van der Waals surface area (Å²) in [5.74, 6) is -0.263. The molecule has 34 heavy (non-hydrogen) atoms. The van der Waals surface area contributed by atoms with E-state index < -0.39 is 5.91 Å². The van der Waals surface area contributed by atoms with Crippen molar-refractivity contribution in [1.29, 1.82) is 0 Å². The van der Waals surface area contributed by atoms with E-state index in [1.165, 1.54) is 6.07 Å². The smallest absolute Gasteiger partial charge is 0.293 e. The Hall–Kier alpha value is -1.84. The lowest BCUT2D eigenvalue weighted by molar-refractivity contribution is -0.123. The standard InChI is InChI=1S/C24H14Br2Cl2FNO3S/c25-17-7-13(8-18(26)22(17)33-12-15-3-1-2-4-20(15)29)9-21-23(31)30(24(32)34-21)11-14-5-6-16(27)10-19(14)28/h1-10H,11-12H2/b21-9+. The molecule has 1 aliphatic heterocycles. The highest BCUT2D eigenvalue weighted by Crippen LogP contribution is 2.39. The van der Waals surface area contributed by atoms with E-state index in [4.69, 9.17) is 27.9 Å². The van der Waals surface area contributed by atoms with Crippen molar-refractivity contribution in [3.05, 3.63) is 101 Å². The summed E-state index contributed by atoms with van der Waals surface area (Å²) in [7, 11) is 0. The summed E-state index contributed by atoms with van der Waals surface area (Å²) < 4.78 is 20.9. The summed E-state index contributed by atoms with van der Waals surface area (Å²) in [5.41, 5.74) is 1.73. The Bertz CT molecular complexity index is 1310. The predicted octanol–water partition coefficient (Wildman–Crippen LogP) is 8.47. The van der Waals surface area contributed by atoms with Crippen LogP contribution in [-0.2, 0) is 17.9 Å². The van der Waals surface area contributed by atoms with E-state index >= 15 is 0 Å². The molecule has 0 radical (unpaired) electrons. The number of benzene rings is 3.